The lowest BCUT2D eigenvalue weighted by Gasteiger charge is -2.27. The summed E-state index contributed by atoms with van der Waals surface area (Å²) >= 11 is 3.29. The molecule has 0 saturated carbocycles. The van der Waals surface area contributed by atoms with Crippen LogP contribution in [0.25, 0.3) is 0 Å². The number of nitrogens with one attached hydrogen (secondary N) is 1. The maximum absolute atomic E-state index is 14.0. The predicted molar refractivity (Wildman–Crippen MR) is 96.5 cm³/mol. The Labute approximate surface area is 151 Å². The molecule has 2 heterocycles. The molecule has 8 nitrogen and oxygen atoms in total. The molecular formula is C15H16BrFN6O2. The predicted octanol–water partition coefficient (Wildman–Crippen LogP) is 1.95. The van der Waals surface area contributed by atoms with E-state index in [0.717, 1.165) is 6.20 Å². The number of nitrogen functional groups attached to an aromatic ring is 1. The van der Waals surface area contributed by atoms with Crippen LogP contribution in [0.3, 0.4) is 0 Å². The standard InChI is InChI=1S/C15H16BrFN6O2/c16-10-5-9(13(24)12(18)6-10)7-20-22-15-19-8-11(17)14(21-15)23-1-3-25-4-2-23/h5-8,24H,1-4,18H2,(H,19,21,22)/b20-7+. The average Bonchev–Trinajstić information content (AvgIpc) is 2.61. The fourth-order valence-electron chi connectivity index (χ4n) is 2.31. The third kappa shape index (κ3) is 4.15. The highest BCUT2D eigenvalue weighted by Gasteiger charge is 2.17. The zero-order chi connectivity index (χ0) is 17.8. The van der Waals surface area contributed by atoms with E-state index in [0.29, 0.717) is 36.3 Å². The van der Waals surface area contributed by atoms with Crippen molar-refractivity contribution in [1.82, 2.24) is 9.97 Å². The molecule has 0 atom stereocenters. The maximum Gasteiger partial charge on any atom is 0.245 e. The minimum atomic E-state index is -0.506. The number of rotatable bonds is 4. The molecule has 1 aromatic carbocycles. The number of aromatic nitrogens is 2. The van der Waals surface area contributed by atoms with Crippen molar-refractivity contribution in [3.63, 3.8) is 0 Å². The Hall–Kier alpha value is -2.46. The molecule has 1 aliphatic rings. The van der Waals surface area contributed by atoms with Crippen LogP contribution in [0.5, 0.6) is 5.75 Å². The van der Waals surface area contributed by atoms with Gasteiger partial charge in [-0.15, -0.1) is 0 Å². The molecule has 132 valence electrons. The van der Waals surface area contributed by atoms with Gasteiger partial charge in [0.2, 0.25) is 5.95 Å². The Morgan fingerprint density at radius 3 is 2.92 bits per heavy atom. The first-order valence-electron chi connectivity index (χ1n) is 7.47. The number of hydrogen-bond acceptors (Lipinski definition) is 8. The van der Waals surface area contributed by atoms with E-state index in [-0.39, 0.29) is 23.2 Å². The Morgan fingerprint density at radius 2 is 2.16 bits per heavy atom. The molecule has 0 spiro atoms. The lowest BCUT2D eigenvalue weighted by molar-refractivity contribution is 0.122. The summed E-state index contributed by atoms with van der Waals surface area (Å²) in [5, 5.41) is 13.9. The number of aromatic hydroxyl groups is 1. The molecular weight excluding hydrogens is 395 g/mol. The molecule has 1 aromatic heterocycles. The normalized spacial score (nSPS) is 14.9. The molecule has 0 radical (unpaired) electrons. The molecule has 0 unspecified atom stereocenters. The van der Waals surface area contributed by atoms with Gasteiger partial charge in [0.1, 0.15) is 5.75 Å². The minimum absolute atomic E-state index is 0.0808. The van der Waals surface area contributed by atoms with Gasteiger partial charge >= 0.3 is 0 Å². The number of morpholine rings is 1. The summed E-state index contributed by atoms with van der Waals surface area (Å²) in [5.41, 5.74) is 8.94. The fourth-order valence-corrected chi connectivity index (χ4v) is 2.80. The monoisotopic (exact) mass is 410 g/mol. The number of nitrogens with zero attached hydrogens (tertiary/aromatic N) is 4. The number of ether oxygens (including phenoxy) is 1. The van der Waals surface area contributed by atoms with E-state index >= 15 is 0 Å². The van der Waals surface area contributed by atoms with E-state index in [1.165, 1.54) is 6.21 Å². The Kier molecular flexibility index (Phi) is 5.29. The third-order valence-electron chi connectivity index (χ3n) is 3.54. The van der Waals surface area contributed by atoms with Crippen molar-refractivity contribution in [2.75, 3.05) is 42.4 Å². The maximum atomic E-state index is 14.0. The Morgan fingerprint density at radius 1 is 1.40 bits per heavy atom. The Balaban J connectivity index is 1.75. The van der Waals surface area contributed by atoms with E-state index in [4.69, 9.17) is 10.5 Å². The third-order valence-corrected chi connectivity index (χ3v) is 4.00. The van der Waals surface area contributed by atoms with Crippen LogP contribution in [0.15, 0.2) is 27.9 Å². The zero-order valence-corrected chi connectivity index (χ0v) is 14.7. The average molecular weight is 411 g/mol. The number of phenolic OH excluding ortho intramolecular Hbond substituents is 1. The van der Waals surface area contributed by atoms with Crippen molar-refractivity contribution < 1.29 is 14.2 Å². The van der Waals surface area contributed by atoms with Crippen LogP contribution >= 0.6 is 15.9 Å². The van der Waals surface area contributed by atoms with Gasteiger partial charge in [0.25, 0.3) is 0 Å². The second kappa shape index (κ2) is 7.62. The summed E-state index contributed by atoms with van der Waals surface area (Å²) < 4.78 is 19.9. The molecule has 3 rings (SSSR count). The molecule has 1 aliphatic heterocycles. The molecule has 1 fully saturated rings. The van der Waals surface area contributed by atoms with Crippen LogP contribution < -0.4 is 16.1 Å². The second-order valence-corrected chi connectivity index (χ2v) is 6.18. The van der Waals surface area contributed by atoms with Gasteiger partial charge in [-0.2, -0.15) is 10.1 Å². The van der Waals surface area contributed by atoms with E-state index in [9.17, 15) is 9.50 Å². The largest absolute Gasteiger partial charge is 0.505 e. The van der Waals surface area contributed by atoms with E-state index in [1.54, 1.807) is 17.0 Å². The van der Waals surface area contributed by atoms with Gasteiger partial charge in [-0.1, -0.05) is 15.9 Å². The lowest BCUT2D eigenvalue weighted by Crippen LogP contribution is -2.37. The summed E-state index contributed by atoms with van der Waals surface area (Å²) in [6, 6.07) is 3.24. The van der Waals surface area contributed by atoms with Crippen molar-refractivity contribution in [2.45, 2.75) is 0 Å². The Bertz CT molecular complexity index is 798. The van der Waals surface area contributed by atoms with Gasteiger partial charge in [-0.05, 0) is 12.1 Å². The van der Waals surface area contributed by atoms with Crippen LogP contribution in [-0.2, 0) is 4.74 Å². The summed E-state index contributed by atoms with van der Waals surface area (Å²) in [5.74, 6) is -0.247. The highest BCUT2D eigenvalue weighted by Crippen LogP contribution is 2.28. The summed E-state index contributed by atoms with van der Waals surface area (Å²) in [4.78, 5) is 9.79. The number of hydrogen-bond donors (Lipinski definition) is 3. The van der Waals surface area contributed by atoms with Crippen LogP contribution in [0.4, 0.5) is 21.8 Å². The van der Waals surface area contributed by atoms with Crippen LogP contribution in [0.1, 0.15) is 5.56 Å². The van der Waals surface area contributed by atoms with E-state index in [1.807, 2.05) is 0 Å². The van der Waals surface area contributed by atoms with Crippen molar-refractivity contribution >= 4 is 39.6 Å². The van der Waals surface area contributed by atoms with Crippen LogP contribution in [0, 0.1) is 5.82 Å². The molecule has 0 amide bonds. The van der Waals surface area contributed by atoms with Gasteiger partial charge < -0.3 is 20.5 Å². The van der Waals surface area contributed by atoms with Crippen LogP contribution in [0.2, 0.25) is 0 Å². The first kappa shape index (κ1) is 17.4. The highest BCUT2D eigenvalue weighted by atomic mass is 79.9. The van der Waals surface area contributed by atoms with Crippen molar-refractivity contribution in [2.24, 2.45) is 5.10 Å². The minimum Gasteiger partial charge on any atom is -0.505 e. The number of nitrogens with two attached hydrogens (primary N) is 1. The molecule has 0 aliphatic carbocycles. The first-order valence-corrected chi connectivity index (χ1v) is 8.26. The first-order chi connectivity index (χ1) is 12.0. The van der Waals surface area contributed by atoms with Gasteiger partial charge in [-0.3, -0.25) is 0 Å². The zero-order valence-electron chi connectivity index (χ0n) is 13.1. The molecule has 0 bridgehead atoms. The fraction of sp³-hybridized carbons (Fsp3) is 0.267. The molecule has 25 heavy (non-hydrogen) atoms. The summed E-state index contributed by atoms with van der Waals surface area (Å²) in [6.45, 7) is 2.16. The number of halogens is 2. The highest BCUT2D eigenvalue weighted by molar-refractivity contribution is 9.10. The number of phenols is 1. The smallest absolute Gasteiger partial charge is 0.245 e. The van der Waals surface area contributed by atoms with Gasteiger partial charge in [0.05, 0.1) is 31.3 Å². The molecule has 2 aromatic rings. The van der Waals surface area contributed by atoms with Crippen molar-refractivity contribution in [3.8, 4) is 5.75 Å². The molecule has 10 heteroatoms. The van der Waals surface area contributed by atoms with Gasteiger partial charge in [0.15, 0.2) is 11.6 Å². The summed E-state index contributed by atoms with van der Waals surface area (Å²) in [6.07, 6.45) is 2.46. The van der Waals surface area contributed by atoms with Crippen LogP contribution in [-0.4, -0.2) is 47.6 Å². The number of hydrazone groups is 1. The van der Waals surface area contributed by atoms with E-state index < -0.39 is 5.82 Å². The lowest BCUT2D eigenvalue weighted by atomic mass is 10.2. The second-order valence-electron chi connectivity index (χ2n) is 5.27. The number of benzene rings is 1. The SMILES string of the molecule is Nc1cc(Br)cc(/C=N/Nc2ncc(F)c(N3CCOCC3)n2)c1O. The molecule has 1 saturated heterocycles. The van der Waals surface area contributed by atoms with Gasteiger partial charge in [0, 0.05) is 23.1 Å². The number of anilines is 3. The quantitative estimate of drug-likeness (QED) is 0.305. The topological polar surface area (TPSA) is 109 Å². The summed E-state index contributed by atoms with van der Waals surface area (Å²) in [7, 11) is 0. The van der Waals surface area contributed by atoms with Gasteiger partial charge in [-0.25, -0.2) is 14.8 Å². The van der Waals surface area contributed by atoms with Crippen molar-refractivity contribution in [1.29, 1.82) is 0 Å². The van der Waals surface area contributed by atoms with Crippen molar-refractivity contribution in [3.05, 3.63) is 34.2 Å². The van der Waals surface area contributed by atoms with E-state index in [2.05, 4.69) is 36.4 Å². The molecule has 4 N–H and O–H groups in total.